The molecule has 0 saturated carbocycles. The molecule has 0 fully saturated rings. The number of ether oxygens (including phenoxy) is 2. The van der Waals surface area contributed by atoms with Gasteiger partial charge in [-0.25, -0.2) is 4.98 Å². The van der Waals surface area contributed by atoms with Gasteiger partial charge in [-0.2, -0.15) is 10.2 Å². The zero-order valence-electron chi connectivity index (χ0n) is 41.2. The van der Waals surface area contributed by atoms with Crippen molar-refractivity contribution in [3.8, 4) is 11.5 Å². The molecular formula is C63H51N7O4. The molecule has 74 heavy (non-hydrogen) atoms. The molecule has 0 amide bonds. The Morgan fingerprint density at radius 3 is 1.76 bits per heavy atom. The first-order valence-corrected chi connectivity index (χ1v) is 24.8. The molecule has 0 aliphatic carbocycles. The van der Waals surface area contributed by atoms with Crippen molar-refractivity contribution in [1.29, 1.82) is 0 Å². The molecule has 0 unspecified atom stereocenters. The van der Waals surface area contributed by atoms with Crippen LogP contribution in [-0.4, -0.2) is 29.1 Å². The monoisotopic (exact) mass is 969 g/mol. The van der Waals surface area contributed by atoms with Crippen LogP contribution in [0.25, 0.3) is 73.3 Å². The minimum atomic E-state index is -0.145. The van der Waals surface area contributed by atoms with Crippen molar-refractivity contribution in [1.82, 2.24) is 9.38 Å². The predicted octanol–water partition coefficient (Wildman–Crippen LogP) is 16.7. The summed E-state index contributed by atoms with van der Waals surface area (Å²) in [6.07, 6.45) is 8.35. The van der Waals surface area contributed by atoms with E-state index in [0.29, 0.717) is 66.0 Å². The number of hydroxylamine groups is 1. The Balaban J connectivity index is 0.749. The number of hydrogen-bond donors (Lipinski definition) is 0. The fourth-order valence-corrected chi connectivity index (χ4v) is 9.29. The molecule has 0 bridgehead atoms. The second-order valence-electron chi connectivity index (χ2n) is 17.6. The van der Waals surface area contributed by atoms with E-state index in [-0.39, 0.29) is 5.56 Å². The molecule has 0 atom stereocenters. The van der Waals surface area contributed by atoms with Crippen LogP contribution in [0.1, 0.15) is 48.6 Å². The van der Waals surface area contributed by atoms with Gasteiger partial charge in [0.1, 0.15) is 29.4 Å². The fourth-order valence-electron chi connectivity index (χ4n) is 9.29. The van der Waals surface area contributed by atoms with Gasteiger partial charge >= 0.3 is 0 Å². The summed E-state index contributed by atoms with van der Waals surface area (Å²) in [5, 5.41) is 25.7. The SMILES string of the molecule is CCOc1cc2c(=O)n3c4ccccc4nc3c3cccc(c1N=Nc1ccc(C=Cc4ccc(C=Cc5ccc(N=Nc6c(OCC)c(CON(CC)c7ccccc7)cc7ccccc67)cc5)cc4)cc1)c23. The van der Waals surface area contributed by atoms with Crippen molar-refractivity contribution in [2.75, 3.05) is 24.8 Å². The minimum Gasteiger partial charge on any atom is -0.491 e. The molecule has 11 heteroatoms. The predicted molar refractivity (Wildman–Crippen MR) is 301 cm³/mol. The van der Waals surface area contributed by atoms with Crippen LogP contribution in [0.2, 0.25) is 0 Å². The normalized spacial score (nSPS) is 12.1. The van der Waals surface area contributed by atoms with Crippen LogP contribution >= 0.6 is 0 Å². The quantitative estimate of drug-likeness (QED) is 0.0510. The second-order valence-corrected chi connectivity index (χ2v) is 17.6. The van der Waals surface area contributed by atoms with Crippen molar-refractivity contribution < 1.29 is 14.3 Å². The molecule has 0 aliphatic heterocycles. The average molecular weight is 970 g/mol. The maximum absolute atomic E-state index is 14.0. The zero-order chi connectivity index (χ0) is 50.4. The summed E-state index contributed by atoms with van der Waals surface area (Å²) in [6, 6.07) is 60.1. The second kappa shape index (κ2) is 21.2. The van der Waals surface area contributed by atoms with Gasteiger partial charge in [-0.15, -0.1) is 10.2 Å². The molecule has 2 heterocycles. The van der Waals surface area contributed by atoms with E-state index < -0.39 is 0 Å². The number of nitrogens with zero attached hydrogens (tertiary/aromatic N) is 7. The highest BCUT2D eigenvalue weighted by molar-refractivity contribution is 6.19. The van der Waals surface area contributed by atoms with E-state index in [9.17, 15) is 4.79 Å². The van der Waals surface area contributed by atoms with Crippen LogP contribution in [0.5, 0.6) is 11.5 Å². The molecule has 2 aromatic heterocycles. The Kier molecular flexibility index (Phi) is 13.5. The third kappa shape index (κ3) is 9.59. The lowest BCUT2D eigenvalue weighted by atomic mass is 10.0. The fraction of sp³-hybridized carbons (Fsp3) is 0.111. The summed E-state index contributed by atoms with van der Waals surface area (Å²) in [5.74, 6) is 1.17. The molecule has 11 aromatic rings. The van der Waals surface area contributed by atoms with E-state index >= 15 is 0 Å². The number of azo groups is 2. The van der Waals surface area contributed by atoms with E-state index in [1.165, 1.54) is 0 Å². The molecule has 0 radical (unpaired) electrons. The molecule has 9 aromatic carbocycles. The lowest BCUT2D eigenvalue weighted by Gasteiger charge is -2.23. The van der Waals surface area contributed by atoms with Gasteiger partial charge in [-0.05, 0) is 109 Å². The number of imidazole rings is 1. The first-order chi connectivity index (χ1) is 36.5. The van der Waals surface area contributed by atoms with Crippen LogP contribution in [0.3, 0.4) is 0 Å². The van der Waals surface area contributed by atoms with E-state index in [0.717, 1.165) is 77.2 Å². The largest absolute Gasteiger partial charge is 0.491 e. The summed E-state index contributed by atoms with van der Waals surface area (Å²) in [4.78, 5) is 25.2. The first kappa shape index (κ1) is 47.0. The Bertz CT molecular complexity index is 3980. The van der Waals surface area contributed by atoms with Gasteiger partial charge in [0.25, 0.3) is 5.56 Å². The van der Waals surface area contributed by atoms with E-state index in [4.69, 9.17) is 29.5 Å². The topological polar surface area (TPSA) is 115 Å². The standard InChI is InChI=1S/C63H51N7O4/c1-4-69(50-16-8-7-9-17-50)74-41-47-39-46-15-10-11-18-51(46)60(61(47)73-6-3)68-66-49-37-33-45(34-38-49)30-28-43-25-23-42(24-26-43)27-29-44-31-35-48(36-32-44)65-67-59-52-19-14-20-53-58(52)54(40-57(59)72-5-2)63(71)70-56-22-13-12-21-55(56)64-62(53)70/h7-40H,4-6,41H2,1-3H3. The Morgan fingerprint density at radius 2 is 1.11 bits per heavy atom. The highest BCUT2D eigenvalue weighted by Gasteiger charge is 2.21. The number of para-hydroxylation sites is 3. The van der Waals surface area contributed by atoms with Gasteiger partial charge in [-0.3, -0.25) is 19.1 Å². The number of pyridine rings is 1. The molecule has 362 valence electrons. The number of anilines is 1. The minimum absolute atomic E-state index is 0.145. The van der Waals surface area contributed by atoms with Crippen molar-refractivity contribution in [2.24, 2.45) is 20.5 Å². The van der Waals surface area contributed by atoms with Crippen molar-refractivity contribution in [3.63, 3.8) is 0 Å². The molecule has 0 N–H and O–H groups in total. The zero-order valence-corrected chi connectivity index (χ0v) is 41.2. The summed E-state index contributed by atoms with van der Waals surface area (Å²) in [5.41, 5.74) is 10.8. The molecule has 0 saturated heterocycles. The number of rotatable bonds is 17. The van der Waals surface area contributed by atoms with E-state index in [1.807, 2.05) is 158 Å². The summed E-state index contributed by atoms with van der Waals surface area (Å²) in [7, 11) is 0. The number of hydrogen-bond acceptors (Lipinski definition) is 10. The smallest absolute Gasteiger partial charge is 0.264 e. The lowest BCUT2D eigenvalue weighted by molar-refractivity contribution is 0.0953. The van der Waals surface area contributed by atoms with Crippen LogP contribution < -0.4 is 20.1 Å². The van der Waals surface area contributed by atoms with Gasteiger partial charge in [0.05, 0.1) is 46.7 Å². The van der Waals surface area contributed by atoms with Crippen molar-refractivity contribution in [3.05, 3.63) is 220 Å². The number of fused-ring (bicyclic) bond motifs is 5. The summed E-state index contributed by atoms with van der Waals surface area (Å²) >= 11 is 0. The number of benzene rings is 9. The highest BCUT2D eigenvalue weighted by Crippen LogP contribution is 2.43. The van der Waals surface area contributed by atoms with Crippen LogP contribution in [0.15, 0.2) is 207 Å². The maximum atomic E-state index is 14.0. The van der Waals surface area contributed by atoms with E-state index in [2.05, 4.69) is 77.9 Å². The average Bonchev–Trinajstić information content (AvgIpc) is 3.84. The van der Waals surface area contributed by atoms with Crippen LogP contribution in [-0.2, 0) is 11.4 Å². The van der Waals surface area contributed by atoms with Crippen molar-refractivity contribution >= 4 is 102 Å². The van der Waals surface area contributed by atoms with Gasteiger partial charge in [0.2, 0.25) is 0 Å². The summed E-state index contributed by atoms with van der Waals surface area (Å²) in [6.45, 7) is 7.83. The molecule has 11 rings (SSSR count). The maximum Gasteiger partial charge on any atom is 0.264 e. The van der Waals surface area contributed by atoms with E-state index in [1.54, 1.807) is 10.5 Å². The third-order valence-corrected chi connectivity index (χ3v) is 12.9. The Morgan fingerprint density at radius 1 is 0.541 bits per heavy atom. The van der Waals surface area contributed by atoms with Gasteiger partial charge < -0.3 is 9.47 Å². The summed E-state index contributed by atoms with van der Waals surface area (Å²) < 4.78 is 14.0. The first-order valence-electron chi connectivity index (χ1n) is 24.8. The van der Waals surface area contributed by atoms with Gasteiger partial charge in [0.15, 0.2) is 5.75 Å². The van der Waals surface area contributed by atoms with Gasteiger partial charge in [-0.1, -0.05) is 146 Å². The lowest BCUT2D eigenvalue weighted by Crippen LogP contribution is -2.23. The molecule has 0 spiro atoms. The molecular weight excluding hydrogens is 919 g/mol. The number of aromatic nitrogens is 2. The Labute approximate surface area is 428 Å². The highest BCUT2D eigenvalue weighted by atomic mass is 16.7. The molecule has 11 nitrogen and oxygen atoms in total. The van der Waals surface area contributed by atoms with Crippen LogP contribution in [0.4, 0.5) is 28.4 Å². The molecule has 0 aliphatic rings. The van der Waals surface area contributed by atoms with Crippen molar-refractivity contribution in [2.45, 2.75) is 27.4 Å². The Hall–Kier alpha value is -9.32. The third-order valence-electron chi connectivity index (χ3n) is 12.9. The van der Waals surface area contributed by atoms with Crippen LogP contribution in [0, 0.1) is 0 Å². The van der Waals surface area contributed by atoms with Gasteiger partial charge in [0, 0.05) is 33.7 Å².